The molecule has 0 bridgehead atoms. The quantitative estimate of drug-likeness (QED) is 0.772. The van der Waals surface area contributed by atoms with Crippen molar-refractivity contribution in [3.8, 4) is 0 Å². The molecule has 7 nitrogen and oxygen atoms in total. The van der Waals surface area contributed by atoms with Crippen LogP contribution in [0.25, 0.3) is 0 Å². The number of nitrogens with one attached hydrogen (secondary N) is 1. The zero-order valence-electron chi connectivity index (χ0n) is 11.5. The van der Waals surface area contributed by atoms with E-state index >= 15 is 0 Å². The Balaban J connectivity index is 3.27. The van der Waals surface area contributed by atoms with Crippen LogP contribution in [0.2, 0.25) is 0 Å². The van der Waals surface area contributed by atoms with Crippen molar-refractivity contribution in [2.75, 3.05) is 7.11 Å². The highest BCUT2D eigenvalue weighted by Crippen LogP contribution is 2.19. The van der Waals surface area contributed by atoms with E-state index in [4.69, 9.17) is 5.11 Å². The van der Waals surface area contributed by atoms with Crippen LogP contribution in [0.15, 0.2) is 17.0 Å². The third-order valence-electron chi connectivity index (χ3n) is 2.66. The molecule has 0 saturated heterocycles. The van der Waals surface area contributed by atoms with Gasteiger partial charge in [0.2, 0.25) is 10.0 Å². The van der Waals surface area contributed by atoms with Gasteiger partial charge in [0.1, 0.15) is 11.9 Å². The van der Waals surface area contributed by atoms with Gasteiger partial charge in [0, 0.05) is 0 Å². The van der Waals surface area contributed by atoms with Crippen LogP contribution in [0.1, 0.15) is 22.8 Å². The maximum atomic E-state index is 13.6. The number of carboxylic acids is 1. The topological polar surface area (TPSA) is 110 Å². The molecular weight excluding hydrogens is 305 g/mol. The lowest BCUT2D eigenvalue weighted by Gasteiger charge is -2.13. The zero-order chi connectivity index (χ0) is 16.4. The molecular formula is C12H14FNO6S. The SMILES string of the molecule is COC(=O)C(C)NS(=O)(=O)c1cc(C)c(F)c(C(=O)O)c1. The van der Waals surface area contributed by atoms with Crippen molar-refractivity contribution in [3.05, 3.63) is 29.1 Å². The first-order valence-electron chi connectivity index (χ1n) is 5.73. The van der Waals surface area contributed by atoms with Crippen molar-refractivity contribution in [2.45, 2.75) is 24.8 Å². The molecule has 1 unspecified atom stereocenters. The molecule has 0 radical (unpaired) electrons. The minimum atomic E-state index is -4.19. The van der Waals surface area contributed by atoms with E-state index < -0.39 is 44.3 Å². The van der Waals surface area contributed by atoms with Crippen LogP contribution >= 0.6 is 0 Å². The number of hydrogen-bond donors (Lipinski definition) is 2. The minimum Gasteiger partial charge on any atom is -0.478 e. The normalized spacial score (nSPS) is 12.8. The number of rotatable bonds is 5. The number of aryl methyl sites for hydroxylation is 1. The summed E-state index contributed by atoms with van der Waals surface area (Å²) in [6, 6.07) is 0.504. The number of carboxylic acid groups (broad SMARTS) is 1. The Hall–Kier alpha value is -2.00. The van der Waals surface area contributed by atoms with Gasteiger partial charge >= 0.3 is 11.9 Å². The van der Waals surface area contributed by atoms with Gasteiger partial charge in [-0.1, -0.05) is 0 Å². The Morgan fingerprint density at radius 3 is 2.43 bits per heavy atom. The van der Waals surface area contributed by atoms with Crippen LogP contribution in [0.4, 0.5) is 4.39 Å². The molecule has 0 aliphatic heterocycles. The van der Waals surface area contributed by atoms with E-state index in [1.54, 1.807) is 0 Å². The largest absolute Gasteiger partial charge is 0.478 e. The fraction of sp³-hybridized carbons (Fsp3) is 0.333. The molecule has 0 fully saturated rings. The molecule has 0 aromatic heterocycles. The molecule has 116 valence electrons. The van der Waals surface area contributed by atoms with E-state index in [9.17, 15) is 22.4 Å². The summed E-state index contributed by atoms with van der Waals surface area (Å²) in [5, 5.41) is 8.86. The van der Waals surface area contributed by atoms with Gasteiger partial charge in [-0.2, -0.15) is 4.72 Å². The summed E-state index contributed by atoms with van der Waals surface area (Å²) in [5.41, 5.74) is -0.901. The number of sulfonamides is 1. The first-order valence-corrected chi connectivity index (χ1v) is 7.22. The maximum Gasteiger partial charge on any atom is 0.338 e. The number of methoxy groups -OCH3 is 1. The number of benzene rings is 1. The summed E-state index contributed by atoms with van der Waals surface area (Å²) in [5.74, 6) is -3.41. The standard InChI is InChI=1S/C12H14FNO6S/c1-6-4-8(5-9(10(6)13)11(15)16)21(18,19)14-7(2)12(17)20-3/h4-5,7,14H,1-3H3,(H,15,16). The van der Waals surface area contributed by atoms with Crippen LogP contribution < -0.4 is 4.72 Å². The molecule has 0 aliphatic rings. The minimum absolute atomic E-state index is 0.138. The molecule has 2 N–H and O–H groups in total. The van der Waals surface area contributed by atoms with Crippen molar-refractivity contribution in [1.82, 2.24) is 4.72 Å². The highest BCUT2D eigenvalue weighted by atomic mass is 32.2. The van der Waals surface area contributed by atoms with Crippen LogP contribution in [-0.2, 0) is 19.6 Å². The average molecular weight is 319 g/mol. The third kappa shape index (κ3) is 3.76. The number of esters is 1. The number of hydrogen-bond acceptors (Lipinski definition) is 5. The second kappa shape index (κ2) is 6.19. The lowest BCUT2D eigenvalue weighted by Crippen LogP contribution is -2.39. The number of aromatic carboxylic acids is 1. The van der Waals surface area contributed by atoms with Crippen molar-refractivity contribution in [1.29, 1.82) is 0 Å². The molecule has 0 heterocycles. The van der Waals surface area contributed by atoms with Crippen molar-refractivity contribution < 1.29 is 32.2 Å². The van der Waals surface area contributed by atoms with E-state index in [0.29, 0.717) is 6.07 Å². The smallest absolute Gasteiger partial charge is 0.338 e. The summed E-state index contributed by atoms with van der Waals surface area (Å²) in [6.07, 6.45) is 0. The molecule has 1 aromatic rings. The Kier molecular flexibility index (Phi) is 5.02. The summed E-state index contributed by atoms with van der Waals surface area (Å²) in [7, 11) is -3.10. The Labute approximate surface area is 120 Å². The molecule has 0 spiro atoms. The molecule has 0 amide bonds. The number of ether oxygens (including phenoxy) is 1. The highest BCUT2D eigenvalue weighted by Gasteiger charge is 2.25. The van der Waals surface area contributed by atoms with Gasteiger partial charge in [0.15, 0.2) is 0 Å². The fourth-order valence-electron chi connectivity index (χ4n) is 1.57. The van der Waals surface area contributed by atoms with E-state index in [1.807, 2.05) is 4.72 Å². The van der Waals surface area contributed by atoms with Gasteiger partial charge in [0.25, 0.3) is 0 Å². The Bertz CT molecular complexity index is 685. The summed E-state index contributed by atoms with van der Waals surface area (Å²) < 4.78 is 44.1. The lowest BCUT2D eigenvalue weighted by molar-refractivity contribution is -0.142. The predicted molar refractivity (Wildman–Crippen MR) is 69.9 cm³/mol. The average Bonchev–Trinajstić information content (AvgIpc) is 2.39. The molecule has 1 rings (SSSR count). The summed E-state index contributed by atoms with van der Waals surface area (Å²) >= 11 is 0. The van der Waals surface area contributed by atoms with Gasteiger partial charge < -0.3 is 9.84 Å². The van der Waals surface area contributed by atoms with Crippen LogP contribution in [-0.4, -0.2) is 38.6 Å². The molecule has 0 saturated carbocycles. The molecule has 0 aliphatic carbocycles. The van der Waals surface area contributed by atoms with Gasteiger partial charge in [-0.05, 0) is 31.5 Å². The van der Waals surface area contributed by atoms with E-state index in [-0.39, 0.29) is 5.56 Å². The van der Waals surface area contributed by atoms with Gasteiger partial charge in [0.05, 0.1) is 17.6 Å². The predicted octanol–water partition coefficient (Wildman–Crippen LogP) is 0.672. The first-order chi connectivity index (χ1) is 9.60. The Morgan fingerprint density at radius 1 is 1.38 bits per heavy atom. The first kappa shape index (κ1) is 17.1. The Morgan fingerprint density at radius 2 is 1.95 bits per heavy atom. The van der Waals surface area contributed by atoms with E-state index in [2.05, 4.69) is 4.74 Å². The number of halogens is 1. The van der Waals surface area contributed by atoms with Crippen LogP contribution in [0.5, 0.6) is 0 Å². The summed E-state index contributed by atoms with van der Waals surface area (Å²) in [4.78, 5) is 21.7. The van der Waals surface area contributed by atoms with E-state index in [1.165, 1.54) is 13.8 Å². The summed E-state index contributed by atoms with van der Waals surface area (Å²) in [6.45, 7) is 2.50. The molecule has 1 atom stereocenters. The number of carbonyl (C=O) groups excluding carboxylic acids is 1. The van der Waals surface area contributed by atoms with Crippen molar-refractivity contribution in [2.24, 2.45) is 0 Å². The second-order valence-electron chi connectivity index (χ2n) is 4.27. The molecule has 1 aromatic carbocycles. The molecule has 9 heteroatoms. The zero-order valence-corrected chi connectivity index (χ0v) is 12.3. The lowest BCUT2D eigenvalue weighted by atomic mass is 10.1. The maximum absolute atomic E-state index is 13.6. The monoisotopic (exact) mass is 319 g/mol. The number of carbonyl (C=O) groups is 2. The second-order valence-corrected chi connectivity index (χ2v) is 5.99. The van der Waals surface area contributed by atoms with Gasteiger partial charge in [-0.25, -0.2) is 17.6 Å². The fourth-order valence-corrected chi connectivity index (χ4v) is 2.88. The molecule has 21 heavy (non-hydrogen) atoms. The van der Waals surface area contributed by atoms with Crippen molar-refractivity contribution in [3.63, 3.8) is 0 Å². The van der Waals surface area contributed by atoms with E-state index in [0.717, 1.165) is 13.2 Å². The highest BCUT2D eigenvalue weighted by molar-refractivity contribution is 7.89. The van der Waals surface area contributed by atoms with Crippen molar-refractivity contribution >= 4 is 22.0 Å². The third-order valence-corrected chi connectivity index (χ3v) is 4.18. The van der Waals surface area contributed by atoms with Crippen LogP contribution in [0, 0.1) is 12.7 Å². The van der Waals surface area contributed by atoms with Crippen LogP contribution in [0.3, 0.4) is 0 Å². The van der Waals surface area contributed by atoms with Gasteiger partial charge in [-0.15, -0.1) is 0 Å². The van der Waals surface area contributed by atoms with Gasteiger partial charge in [-0.3, -0.25) is 4.79 Å².